The van der Waals surface area contributed by atoms with Crippen molar-refractivity contribution in [1.82, 2.24) is 19.0 Å². The largest absolute Gasteiger partial charge is 0.477 e. The number of aryl methyl sites for hydroxylation is 1. The predicted octanol–water partition coefficient (Wildman–Crippen LogP) is 2.77. The number of amides is 1. The summed E-state index contributed by atoms with van der Waals surface area (Å²) < 4.78 is 24.2. The van der Waals surface area contributed by atoms with Gasteiger partial charge in [-0.2, -0.15) is 4.98 Å². The van der Waals surface area contributed by atoms with Gasteiger partial charge in [-0.3, -0.25) is 24.0 Å². The number of rotatable bonds is 9. The lowest BCUT2D eigenvalue weighted by Crippen LogP contribution is -2.51. The fraction of sp³-hybridized carbons (Fsp3) is 0.353. The minimum Gasteiger partial charge on any atom is -0.477 e. The number of halogens is 2. The van der Waals surface area contributed by atoms with E-state index in [1.165, 1.54) is 22.5 Å². The third kappa shape index (κ3) is 6.77. The molecule has 7 rings (SSSR count). The summed E-state index contributed by atoms with van der Waals surface area (Å²) in [4.78, 5) is 65.2. The molecule has 3 aliphatic rings. The first-order valence-corrected chi connectivity index (χ1v) is 17.7. The molecule has 0 aliphatic carbocycles. The van der Waals surface area contributed by atoms with Gasteiger partial charge in [-0.1, -0.05) is 11.6 Å². The molecule has 2 aromatic carbocycles. The van der Waals surface area contributed by atoms with Gasteiger partial charge in [0.25, 0.3) is 5.91 Å². The molecule has 51 heavy (non-hydrogen) atoms. The fourth-order valence-electron chi connectivity index (χ4n) is 6.57. The molecular weight excluding hydrogens is 705 g/mol. The number of carboxylic acids is 1. The fourth-order valence-corrected chi connectivity index (χ4v) is 7.70. The van der Waals surface area contributed by atoms with E-state index in [1.807, 2.05) is 11.8 Å². The number of aromatic nitrogens is 3. The van der Waals surface area contributed by atoms with E-state index in [-0.39, 0.29) is 54.2 Å². The summed E-state index contributed by atoms with van der Waals surface area (Å²) in [5.41, 5.74) is -0.0461. The van der Waals surface area contributed by atoms with Crippen LogP contribution in [0.25, 0.3) is 10.9 Å². The number of anilines is 2. The maximum atomic E-state index is 15.4. The van der Waals surface area contributed by atoms with Crippen molar-refractivity contribution in [3.63, 3.8) is 0 Å². The quantitative estimate of drug-likeness (QED) is 0.260. The first-order chi connectivity index (χ1) is 24.5. The Bertz CT molecular complexity index is 2200. The third-order valence-corrected chi connectivity index (χ3v) is 10.6. The lowest BCUT2D eigenvalue weighted by molar-refractivity contribution is -0.112. The van der Waals surface area contributed by atoms with E-state index in [4.69, 9.17) is 16.3 Å². The molecule has 14 nitrogen and oxygen atoms in total. The van der Waals surface area contributed by atoms with Crippen LogP contribution in [0.1, 0.15) is 22.8 Å². The van der Waals surface area contributed by atoms with E-state index in [0.29, 0.717) is 66.0 Å². The Hall–Kier alpha value is -4.61. The molecule has 0 radical (unpaired) electrons. The van der Waals surface area contributed by atoms with Crippen LogP contribution in [-0.2, 0) is 22.6 Å². The second-order valence-corrected chi connectivity index (χ2v) is 13.9. The molecule has 266 valence electrons. The summed E-state index contributed by atoms with van der Waals surface area (Å²) >= 11 is 7.81. The number of aliphatic hydroxyl groups excluding tert-OH is 1. The van der Waals surface area contributed by atoms with Gasteiger partial charge < -0.3 is 24.4 Å². The number of piperazine rings is 1. The van der Waals surface area contributed by atoms with Crippen LogP contribution in [0, 0.1) is 5.82 Å². The summed E-state index contributed by atoms with van der Waals surface area (Å²) in [5, 5.41) is 19.2. The van der Waals surface area contributed by atoms with Gasteiger partial charge in [0.1, 0.15) is 22.5 Å². The molecule has 0 saturated carbocycles. The van der Waals surface area contributed by atoms with E-state index in [9.17, 15) is 29.4 Å². The average molecular weight is 738 g/mol. The third-order valence-electron chi connectivity index (χ3n) is 9.17. The van der Waals surface area contributed by atoms with E-state index >= 15 is 4.39 Å². The molecule has 2 saturated heterocycles. The zero-order valence-electron chi connectivity index (χ0n) is 27.4. The Morgan fingerprint density at radius 3 is 2.57 bits per heavy atom. The first kappa shape index (κ1) is 34.8. The van der Waals surface area contributed by atoms with E-state index in [0.717, 1.165) is 6.07 Å². The van der Waals surface area contributed by atoms with Gasteiger partial charge in [-0.25, -0.2) is 19.0 Å². The summed E-state index contributed by atoms with van der Waals surface area (Å²) in [6.07, 6.45) is 2.59. The van der Waals surface area contributed by atoms with Gasteiger partial charge >= 0.3 is 11.7 Å². The minimum atomic E-state index is -1.37. The molecule has 3 aliphatic heterocycles. The molecule has 1 amide bonds. The van der Waals surface area contributed by atoms with Crippen LogP contribution >= 0.6 is 23.4 Å². The standard InChI is InChI=1S/C34H33ClFN7O7S/c1-2-40-15-23(33(47)48)31(45)22-12-24(36)27(13-26(22)40)41-9-7-39(8-10-41)18-43-25-4-3-19(35)11-21(25)30(32(43)46)37-28-5-6-42(34(49)38-28)14-20-17-51-29(16-44)50-20/h3-6,11-13,15,20,29,44H,2,7-10,14,16-18H2,1H3,(H,47,48). The Morgan fingerprint density at radius 2 is 1.88 bits per heavy atom. The number of carbonyl (C=O) groups excluding carboxylic acids is 1. The van der Waals surface area contributed by atoms with Crippen molar-refractivity contribution < 1.29 is 28.9 Å². The van der Waals surface area contributed by atoms with Crippen molar-refractivity contribution in [3.05, 3.63) is 91.5 Å². The molecule has 0 bridgehead atoms. The number of benzene rings is 2. The molecular formula is C34H33ClFN7O7S. The molecule has 2 aromatic heterocycles. The number of aliphatic imine (C=N–C) groups is 1. The number of thioether (sulfide) groups is 1. The van der Waals surface area contributed by atoms with E-state index < -0.39 is 28.5 Å². The second kappa shape index (κ2) is 14.2. The van der Waals surface area contributed by atoms with Gasteiger partial charge in [-0.15, -0.1) is 11.8 Å². The van der Waals surface area contributed by atoms with Crippen molar-refractivity contribution in [3.8, 4) is 0 Å². The molecule has 2 atom stereocenters. The maximum Gasteiger partial charge on any atom is 0.349 e. The number of aromatic carboxylic acids is 1. The zero-order chi connectivity index (χ0) is 36.0. The predicted molar refractivity (Wildman–Crippen MR) is 191 cm³/mol. The Labute approximate surface area is 299 Å². The molecule has 2 unspecified atom stereocenters. The van der Waals surface area contributed by atoms with Crippen molar-refractivity contribution >= 4 is 69.0 Å². The summed E-state index contributed by atoms with van der Waals surface area (Å²) in [6, 6.07) is 9.32. The van der Waals surface area contributed by atoms with E-state index in [1.54, 1.807) is 46.0 Å². The van der Waals surface area contributed by atoms with Crippen LogP contribution in [0.2, 0.25) is 5.02 Å². The number of hydrogen-bond acceptors (Lipinski definition) is 11. The van der Waals surface area contributed by atoms with Crippen LogP contribution in [0.5, 0.6) is 0 Å². The smallest absolute Gasteiger partial charge is 0.349 e. The highest BCUT2D eigenvalue weighted by atomic mass is 35.5. The number of carbonyl (C=O) groups is 2. The number of nitrogens with zero attached hydrogens (tertiary/aromatic N) is 7. The minimum absolute atomic E-state index is 0.00610. The van der Waals surface area contributed by atoms with Gasteiger partial charge in [0.2, 0.25) is 5.43 Å². The SMILES string of the molecule is CCn1cc(C(=O)O)c(=O)c2cc(F)c(N3CCN(CN4C(=O)C(=Nc5ccn(CC6CSC(CO)O6)c(=O)n5)c5cc(Cl)ccc54)CC3)cc21. The van der Waals surface area contributed by atoms with Gasteiger partial charge in [0.15, 0.2) is 5.82 Å². The highest BCUT2D eigenvalue weighted by Gasteiger charge is 2.36. The number of fused-ring (bicyclic) bond motifs is 2. The second-order valence-electron chi connectivity index (χ2n) is 12.3. The summed E-state index contributed by atoms with van der Waals surface area (Å²) in [6.45, 7) is 4.40. The van der Waals surface area contributed by atoms with Crippen molar-refractivity contribution in [2.24, 2.45) is 4.99 Å². The number of aliphatic hydroxyl groups is 1. The highest BCUT2D eigenvalue weighted by Crippen LogP contribution is 2.34. The lowest BCUT2D eigenvalue weighted by Gasteiger charge is -2.38. The molecule has 0 spiro atoms. The molecule has 4 aromatic rings. The number of ether oxygens (including phenoxy) is 1. The number of pyridine rings is 1. The lowest BCUT2D eigenvalue weighted by atomic mass is 10.1. The number of hydrogen-bond donors (Lipinski definition) is 2. The first-order valence-electron chi connectivity index (χ1n) is 16.3. The average Bonchev–Trinajstić information content (AvgIpc) is 3.67. The molecule has 5 heterocycles. The van der Waals surface area contributed by atoms with Crippen LogP contribution in [0.15, 0.2) is 63.4 Å². The summed E-state index contributed by atoms with van der Waals surface area (Å²) in [5.74, 6) is -1.66. The maximum absolute atomic E-state index is 15.4. The van der Waals surface area contributed by atoms with Crippen LogP contribution in [0.4, 0.5) is 21.6 Å². The monoisotopic (exact) mass is 737 g/mol. The van der Waals surface area contributed by atoms with E-state index in [2.05, 4.69) is 14.9 Å². The molecule has 17 heteroatoms. The topological polar surface area (TPSA) is 163 Å². The Morgan fingerprint density at radius 1 is 1.10 bits per heavy atom. The van der Waals surface area contributed by atoms with Gasteiger partial charge in [-0.05, 0) is 43.3 Å². The van der Waals surface area contributed by atoms with Crippen LogP contribution in [-0.4, -0.2) is 104 Å². The van der Waals surface area contributed by atoms with Crippen molar-refractivity contribution in [2.45, 2.75) is 31.6 Å². The highest BCUT2D eigenvalue weighted by molar-refractivity contribution is 8.00. The summed E-state index contributed by atoms with van der Waals surface area (Å²) in [7, 11) is 0. The van der Waals surface area contributed by atoms with Crippen molar-refractivity contribution in [1.29, 1.82) is 0 Å². The van der Waals surface area contributed by atoms with Gasteiger partial charge in [0, 0.05) is 66.8 Å². The van der Waals surface area contributed by atoms with Crippen LogP contribution < -0.4 is 20.9 Å². The van der Waals surface area contributed by atoms with Gasteiger partial charge in [0.05, 0.1) is 42.8 Å². The van der Waals surface area contributed by atoms with Crippen LogP contribution in [0.3, 0.4) is 0 Å². The number of carboxylic acid groups (broad SMARTS) is 1. The molecule has 2 fully saturated rings. The zero-order valence-corrected chi connectivity index (χ0v) is 28.9. The van der Waals surface area contributed by atoms with Crippen molar-refractivity contribution in [2.75, 3.05) is 55.0 Å². The molecule has 2 N–H and O–H groups in total. The Kier molecular flexibility index (Phi) is 9.69. The normalized spacial score (nSPS) is 20.2. The Balaban J connectivity index is 1.07.